The summed E-state index contributed by atoms with van der Waals surface area (Å²) < 4.78 is 0. The van der Waals surface area contributed by atoms with E-state index >= 15 is 0 Å². The third-order valence-electron chi connectivity index (χ3n) is 3.77. The predicted molar refractivity (Wildman–Crippen MR) is 85.0 cm³/mol. The third-order valence-corrected chi connectivity index (χ3v) is 4.12. The number of benzene rings is 2. The molecule has 0 aliphatic heterocycles. The lowest BCUT2D eigenvalue weighted by atomic mass is 10.1. The molecule has 0 amide bonds. The second kappa shape index (κ2) is 5.86. The molecule has 2 aromatic carbocycles. The van der Waals surface area contributed by atoms with Crippen LogP contribution in [-0.4, -0.2) is 6.04 Å². The van der Waals surface area contributed by atoms with Gasteiger partial charge >= 0.3 is 0 Å². The van der Waals surface area contributed by atoms with Crippen LogP contribution in [0, 0.1) is 0 Å². The monoisotopic (exact) mass is 286 g/mol. The summed E-state index contributed by atoms with van der Waals surface area (Å²) in [7, 11) is 0. The average molecular weight is 287 g/mol. The number of anilines is 1. The topological polar surface area (TPSA) is 29.3 Å². The number of nitrogens with two attached hydrogens (primary N) is 1. The Morgan fingerprint density at radius 2 is 1.85 bits per heavy atom. The van der Waals surface area contributed by atoms with Crippen molar-refractivity contribution in [3.63, 3.8) is 0 Å². The highest BCUT2D eigenvalue weighted by Gasteiger charge is 2.29. The van der Waals surface area contributed by atoms with Gasteiger partial charge in [0.25, 0.3) is 0 Å². The van der Waals surface area contributed by atoms with Crippen LogP contribution in [0.4, 0.5) is 5.69 Å². The Hall–Kier alpha value is -1.51. The molecule has 2 aromatic rings. The lowest BCUT2D eigenvalue weighted by Crippen LogP contribution is -2.25. The van der Waals surface area contributed by atoms with Crippen molar-refractivity contribution in [2.45, 2.75) is 32.0 Å². The van der Waals surface area contributed by atoms with Crippen LogP contribution in [0.3, 0.4) is 0 Å². The molecule has 20 heavy (non-hydrogen) atoms. The second-order valence-electron chi connectivity index (χ2n) is 5.32. The fraction of sp³-hybridized carbons (Fsp3) is 0.294. The van der Waals surface area contributed by atoms with E-state index in [-0.39, 0.29) is 0 Å². The number of rotatable bonds is 5. The highest BCUT2D eigenvalue weighted by Crippen LogP contribution is 2.34. The molecule has 104 valence electrons. The van der Waals surface area contributed by atoms with Crippen LogP contribution in [0.5, 0.6) is 0 Å². The molecule has 1 saturated carbocycles. The van der Waals surface area contributed by atoms with E-state index in [2.05, 4.69) is 41.3 Å². The Labute approximate surface area is 125 Å². The molecule has 1 aliphatic carbocycles. The van der Waals surface area contributed by atoms with Gasteiger partial charge in [-0.3, -0.25) is 0 Å². The van der Waals surface area contributed by atoms with Gasteiger partial charge in [0.15, 0.2) is 0 Å². The molecule has 0 bridgehead atoms. The highest BCUT2D eigenvalue weighted by molar-refractivity contribution is 6.31. The zero-order valence-corrected chi connectivity index (χ0v) is 12.2. The number of halogens is 1. The third kappa shape index (κ3) is 2.97. The van der Waals surface area contributed by atoms with Crippen molar-refractivity contribution < 1.29 is 0 Å². The summed E-state index contributed by atoms with van der Waals surface area (Å²) in [6, 6.07) is 17.4. The fourth-order valence-corrected chi connectivity index (χ4v) is 2.73. The molecule has 0 radical (unpaired) electrons. The first kappa shape index (κ1) is 13.5. The molecule has 0 saturated heterocycles. The average Bonchev–Trinajstić information content (AvgIpc) is 3.30. The van der Waals surface area contributed by atoms with Gasteiger partial charge in [-0.1, -0.05) is 48.0 Å². The quantitative estimate of drug-likeness (QED) is 0.901. The molecule has 1 fully saturated rings. The van der Waals surface area contributed by atoms with Crippen molar-refractivity contribution in [2.75, 3.05) is 4.90 Å². The lowest BCUT2D eigenvalue weighted by Gasteiger charge is -2.25. The minimum absolute atomic E-state index is 0.487. The molecule has 0 aromatic heterocycles. The van der Waals surface area contributed by atoms with Crippen LogP contribution < -0.4 is 10.6 Å². The van der Waals surface area contributed by atoms with E-state index < -0.39 is 0 Å². The molecule has 3 rings (SSSR count). The molecule has 0 atom stereocenters. The minimum atomic E-state index is 0.487. The molecular formula is C17H19ClN2. The van der Waals surface area contributed by atoms with Crippen LogP contribution >= 0.6 is 11.6 Å². The van der Waals surface area contributed by atoms with Gasteiger partial charge < -0.3 is 10.6 Å². The van der Waals surface area contributed by atoms with E-state index in [0.717, 1.165) is 17.1 Å². The van der Waals surface area contributed by atoms with E-state index in [4.69, 9.17) is 17.3 Å². The first-order chi connectivity index (χ1) is 9.78. The normalized spacial score (nSPS) is 14.3. The number of hydrogen-bond acceptors (Lipinski definition) is 2. The first-order valence-corrected chi connectivity index (χ1v) is 7.45. The van der Waals surface area contributed by atoms with Crippen molar-refractivity contribution in [3.05, 3.63) is 64.7 Å². The van der Waals surface area contributed by atoms with Crippen LogP contribution in [0.25, 0.3) is 0 Å². The Balaban J connectivity index is 1.85. The van der Waals surface area contributed by atoms with Crippen LogP contribution in [0.15, 0.2) is 48.5 Å². The predicted octanol–water partition coefficient (Wildman–Crippen LogP) is 3.97. The lowest BCUT2D eigenvalue weighted by molar-refractivity contribution is 0.794. The van der Waals surface area contributed by atoms with Crippen LogP contribution in [0.1, 0.15) is 24.0 Å². The molecule has 0 spiro atoms. The van der Waals surface area contributed by atoms with Crippen LogP contribution in [0.2, 0.25) is 5.02 Å². The SMILES string of the molecule is NCc1ccc(N(Cc2ccccc2)C2CC2)cc1Cl. The van der Waals surface area contributed by atoms with E-state index in [1.807, 2.05) is 12.1 Å². The van der Waals surface area contributed by atoms with Gasteiger partial charge in [-0.25, -0.2) is 0 Å². The summed E-state index contributed by atoms with van der Waals surface area (Å²) in [5, 5.41) is 0.767. The first-order valence-electron chi connectivity index (χ1n) is 7.07. The van der Waals surface area contributed by atoms with Gasteiger partial charge in [0, 0.05) is 29.8 Å². The largest absolute Gasteiger partial charge is 0.364 e. The van der Waals surface area contributed by atoms with E-state index in [1.54, 1.807) is 0 Å². The maximum absolute atomic E-state index is 6.30. The van der Waals surface area contributed by atoms with Crippen molar-refractivity contribution in [1.82, 2.24) is 0 Å². The number of nitrogens with zero attached hydrogens (tertiary/aromatic N) is 1. The Morgan fingerprint density at radius 3 is 2.45 bits per heavy atom. The molecule has 1 aliphatic rings. The molecule has 3 heteroatoms. The smallest absolute Gasteiger partial charge is 0.0471 e. The Morgan fingerprint density at radius 1 is 1.10 bits per heavy atom. The standard InChI is InChI=1S/C17H19ClN2/c18-17-10-16(7-6-14(17)11-19)20(15-8-9-15)12-13-4-2-1-3-5-13/h1-7,10,15H,8-9,11-12,19H2. The van der Waals surface area contributed by atoms with Gasteiger partial charge in [0.2, 0.25) is 0 Å². The maximum atomic E-state index is 6.30. The highest BCUT2D eigenvalue weighted by atomic mass is 35.5. The minimum Gasteiger partial charge on any atom is -0.364 e. The molecule has 0 unspecified atom stereocenters. The molecular weight excluding hydrogens is 268 g/mol. The van der Waals surface area contributed by atoms with Gasteiger partial charge in [0.05, 0.1) is 0 Å². The van der Waals surface area contributed by atoms with Gasteiger partial charge in [-0.15, -0.1) is 0 Å². The van der Waals surface area contributed by atoms with Crippen LogP contribution in [-0.2, 0) is 13.1 Å². The summed E-state index contributed by atoms with van der Waals surface area (Å²) in [5.41, 5.74) is 9.20. The maximum Gasteiger partial charge on any atom is 0.0471 e. The van der Waals surface area contributed by atoms with Gasteiger partial charge in [0.1, 0.15) is 0 Å². The van der Waals surface area contributed by atoms with Gasteiger partial charge in [-0.05, 0) is 36.1 Å². The Kier molecular flexibility index (Phi) is 3.95. The van der Waals surface area contributed by atoms with Crippen molar-refractivity contribution in [1.29, 1.82) is 0 Å². The summed E-state index contributed by atoms with van der Waals surface area (Å²) >= 11 is 6.30. The summed E-state index contributed by atoms with van der Waals surface area (Å²) in [6.45, 7) is 1.42. The van der Waals surface area contributed by atoms with E-state index in [1.165, 1.54) is 24.1 Å². The number of hydrogen-bond donors (Lipinski definition) is 1. The summed E-state index contributed by atoms with van der Waals surface area (Å²) in [5.74, 6) is 0. The van der Waals surface area contributed by atoms with Crippen molar-refractivity contribution in [2.24, 2.45) is 5.73 Å². The second-order valence-corrected chi connectivity index (χ2v) is 5.73. The fourth-order valence-electron chi connectivity index (χ4n) is 2.48. The zero-order chi connectivity index (χ0) is 13.9. The van der Waals surface area contributed by atoms with Crippen molar-refractivity contribution in [3.8, 4) is 0 Å². The molecule has 2 nitrogen and oxygen atoms in total. The van der Waals surface area contributed by atoms with Crippen molar-refractivity contribution >= 4 is 17.3 Å². The summed E-state index contributed by atoms with van der Waals surface area (Å²) in [6.07, 6.45) is 2.53. The molecule has 0 heterocycles. The zero-order valence-electron chi connectivity index (χ0n) is 11.4. The Bertz CT molecular complexity index is 579. The van der Waals surface area contributed by atoms with E-state index in [9.17, 15) is 0 Å². The van der Waals surface area contributed by atoms with E-state index in [0.29, 0.717) is 12.6 Å². The molecule has 2 N–H and O–H groups in total. The summed E-state index contributed by atoms with van der Waals surface area (Å²) in [4.78, 5) is 2.45. The van der Waals surface area contributed by atoms with Gasteiger partial charge in [-0.2, -0.15) is 0 Å².